The van der Waals surface area contributed by atoms with Crippen LogP contribution in [0.2, 0.25) is 0 Å². The largest absolute Gasteiger partial charge is 0.369 e. The monoisotopic (exact) mass is 218 g/mol. The first-order chi connectivity index (χ1) is 7.08. The Bertz CT molecular complexity index is 287. The third-order valence-electron chi connectivity index (χ3n) is 1.74. The summed E-state index contributed by atoms with van der Waals surface area (Å²) in [6.07, 6.45) is -0.580. The average Bonchev–Trinajstić information content (AvgIpc) is 2.50. The lowest BCUT2D eigenvalue weighted by atomic mass is 10.2. The molecule has 1 aromatic heterocycles. The maximum Gasteiger partial charge on any atom is 0.261 e. The number of nitrogens with zero attached hydrogens (tertiary/aromatic N) is 2. The normalized spacial score (nSPS) is 11.6. The minimum absolute atomic E-state index is 0.148. The van der Waals surface area contributed by atoms with Gasteiger partial charge in [-0.15, -0.1) is 0 Å². The Hall–Kier alpha value is -0.970. The van der Waals surface area contributed by atoms with Gasteiger partial charge in [-0.05, 0) is 12.0 Å². The van der Waals surface area contributed by atoms with Crippen LogP contribution in [0.3, 0.4) is 0 Å². The summed E-state index contributed by atoms with van der Waals surface area (Å²) in [5, 5.41) is 4.19. The van der Waals surface area contributed by atoms with Crippen molar-refractivity contribution in [3.05, 3.63) is 18.0 Å². The van der Waals surface area contributed by atoms with Gasteiger partial charge in [-0.3, -0.25) is 4.68 Å². The molecule has 0 aliphatic heterocycles. The van der Waals surface area contributed by atoms with E-state index in [4.69, 9.17) is 4.74 Å². The molecule has 5 heteroatoms. The number of aromatic nitrogens is 2. The number of hydrogen-bond donors (Lipinski definition) is 0. The van der Waals surface area contributed by atoms with E-state index in [1.54, 1.807) is 10.7 Å². The maximum atomic E-state index is 11.8. The molecule has 0 N–H and O–H groups in total. The minimum atomic E-state index is -2.41. The SMILES string of the molecule is CC(C)Cn1ccc(COCC(F)F)n1. The summed E-state index contributed by atoms with van der Waals surface area (Å²) in [7, 11) is 0. The van der Waals surface area contributed by atoms with Crippen LogP contribution in [-0.2, 0) is 17.9 Å². The fourth-order valence-electron chi connectivity index (χ4n) is 1.21. The van der Waals surface area contributed by atoms with Gasteiger partial charge in [0.15, 0.2) is 0 Å². The van der Waals surface area contributed by atoms with E-state index >= 15 is 0 Å². The Morgan fingerprint density at radius 1 is 1.47 bits per heavy atom. The van der Waals surface area contributed by atoms with Crippen molar-refractivity contribution in [2.45, 2.75) is 33.4 Å². The molecule has 0 amide bonds. The first-order valence-electron chi connectivity index (χ1n) is 4.96. The summed E-state index contributed by atoms with van der Waals surface area (Å²) in [4.78, 5) is 0. The Balaban J connectivity index is 2.33. The Morgan fingerprint density at radius 3 is 2.80 bits per heavy atom. The quantitative estimate of drug-likeness (QED) is 0.732. The van der Waals surface area contributed by atoms with E-state index in [1.165, 1.54) is 0 Å². The van der Waals surface area contributed by atoms with Crippen molar-refractivity contribution < 1.29 is 13.5 Å². The standard InChI is InChI=1S/C10H16F2N2O/c1-8(2)5-14-4-3-9(13-14)6-15-7-10(11)12/h3-4,8,10H,5-7H2,1-2H3. The van der Waals surface area contributed by atoms with Gasteiger partial charge in [0.05, 0.1) is 12.3 Å². The van der Waals surface area contributed by atoms with E-state index in [1.807, 2.05) is 6.20 Å². The van der Waals surface area contributed by atoms with Crippen LogP contribution in [0.4, 0.5) is 8.78 Å². The van der Waals surface area contributed by atoms with Crippen molar-refractivity contribution in [2.75, 3.05) is 6.61 Å². The zero-order chi connectivity index (χ0) is 11.3. The third kappa shape index (κ3) is 4.88. The number of halogens is 2. The molecular weight excluding hydrogens is 202 g/mol. The molecule has 0 aliphatic rings. The molecule has 15 heavy (non-hydrogen) atoms. The van der Waals surface area contributed by atoms with E-state index < -0.39 is 13.0 Å². The zero-order valence-corrected chi connectivity index (χ0v) is 8.99. The van der Waals surface area contributed by atoms with Gasteiger partial charge in [0.25, 0.3) is 6.43 Å². The number of hydrogen-bond acceptors (Lipinski definition) is 2. The summed E-state index contributed by atoms with van der Waals surface area (Å²) in [6, 6.07) is 1.79. The van der Waals surface area contributed by atoms with Crippen LogP contribution < -0.4 is 0 Å². The van der Waals surface area contributed by atoms with Crippen LogP contribution in [0.1, 0.15) is 19.5 Å². The van der Waals surface area contributed by atoms with Crippen molar-refractivity contribution in [3.8, 4) is 0 Å². The van der Waals surface area contributed by atoms with Crippen molar-refractivity contribution >= 4 is 0 Å². The fraction of sp³-hybridized carbons (Fsp3) is 0.700. The Labute approximate surface area is 88.0 Å². The van der Waals surface area contributed by atoms with Crippen LogP contribution in [0.5, 0.6) is 0 Å². The second kappa shape index (κ2) is 5.80. The lowest BCUT2D eigenvalue weighted by Gasteiger charge is -2.04. The Kier molecular flexibility index (Phi) is 4.68. The summed E-state index contributed by atoms with van der Waals surface area (Å²) in [5.74, 6) is 0.514. The highest BCUT2D eigenvalue weighted by atomic mass is 19.3. The third-order valence-corrected chi connectivity index (χ3v) is 1.74. The molecule has 0 aliphatic carbocycles. The second-order valence-electron chi connectivity index (χ2n) is 3.83. The maximum absolute atomic E-state index is 11.8. The van der Waals surface area contributed by atoms with E-state index in [-0.39, 0.29) is 6.61 Å². The molecule has 0 saturated carbocycles. The van der Waals surface area contributed by atoms with Gasteiger partial charge in [-0.25, -0.2) is 8.78 Å². The zero-order valence-electron chi connectivity index (χ0n) is 8.99. The summed E-state index contributed by atoms with van der Waals surface area (Å²) >= 11 is 0. The molecule has 0 fully saturated rings. The van der Waals surface area contributed by atoms with Crippen LogP contribution >= 0.6 is 0 Å². The summed E-state index contributed by atoms with van der Waals surface area (Å²) in [5.41, 5.74) is 0.691. The molecule has 1 aromatic rings. The van der Waals surface area contributed by atoms with Crippen LogP contribution in [-0.4, -0.2) is 22.8 Å². The molecule has 0 unspecified atom stereocenters. The van der Waals surface area contributed by atoms with Crippen molar-refractivity contribution in [1.29, 1.82) is 0 Å². The predicted octanol–water partition coefficient (Wildman–Crippen LogP) is 2.32. The fourth-order valence-corrected chi connectivity index (χ4v) is 1.21. The molecule has 86 valence electrons. The van der Waals surface area contributed by atoms with Gasteiger partial charge in [0.1, 0.15) is 6.61 Å². The first kappa shape index (κ1) is 12.1. The summed E-state index contributed by atoms with van der Waals surface area (Å²) < 4.78 is 30.1. The van der Waals surface area contributed by atoms with Gasteiger partial charge in [-0.1, -0.05) is 13.8 Å². The topological polar surface area (TPSA) is 27.1 Å². The van der Waals surface area contributed by atoms with Crippen LogP contribution in [0, 0.1) is 5.92 Å². The molecule has 0 spiro atoms. The van der Waals surface area contributed by atoms with Gasteiger partial charge in [-0.2, -0.15) is 5.10 Å². The van der Waals surface area contributed by atoms with Crippen molar-refractivity contribution in [3.63, 3.8) is 0 Å². The molecule has 0 aromatic carbocycles. The Morgan fingerprint density at radius 2 is 2.20 bits per heavy atom. The van der Waals surface area contributed by atoms with Gasteiger partial charge in [0.2, 0.25) is 0 Å². The van der Waals surface area contributed by atoms with Crippen LogP contribution in [0.15, 0.2) is 12.3 Å². The smallest absolute Gasteiger partial charge is 0.261 e. The van der Waals surface area contributed by atoms with E-state index in [9.17, 15) is 8.78 Å². The molecule has 0 atom stereocenters. The number of rotatable bonds is 6. The molecule has 3 nitrogen and oxygen atoms in total. The molecular formula is C10H16F2N2O. The van der Waals surface area contributed by atoms with Crippen molar-refractivity contribution in [2.24, 2.45) is 5.92 Å². The molecule has 0 saturated heterocycles. The van der Waals surface area contributed by atoms with Gasteiger partial charge < -0.3 is 4.74 Å². The molecule has 0 radical (unpaired) electrons. The van der Waals surface area contributed by atoms with Gasteiger partial charge >= 0.3 is 0 Å². The number of ether oxygens (including phenoxy) is 1. The molecule has 1 heterocycles. The van der Waals surface area contributed by atoms with Crippen LogP contribution in [0.25, 0.3) is 0 Å². The lowest BCUT2D eigenvalue weighted by Crippen LogP contribution is -2.07. The minimum Gasteiger partial charge on any atom is -0.369 e. The highest BCUT2D eigenvalue weighted by Gasteiger charge is 2.04. The highest BCUT2D eigenvalue weighted by molar-refractivity contribution is 4.97. The highest BCUT2D eigenvalue weighted by Crippen LogP contribution is 2.03. The molecule has 0 bridgehead atoms. The summed E-state index contributed by atoms with van der Waals surface area (Å²) in [6.45, 7) is 4.63. The second-order valence-corrected chi connectivity index (χ2v) is 3.83. The number of alkyl halides is 2. The predicted molar refractivity (Wildman–Crippen MR) is 52.7 cm³/mol. The average molecular weight is 218 g/mol. The van der Waals surface area contributed by atoms with E-state index in [2.05, 4.69) is 18.9 Å². The lowest BCUT2D eigenvalue weighted by molar-refractivity contribution is 0.00867. The van der Waals surface area contributed by atoms with E-state index in [0.29, 0.717) is 11.6 Å². The molecule has 1 rings (SSSR count). The van der Waals surface area contributed by atoms with E-state index in [0.717, 1.165) is 6.54 Å². The van der Waals surface area contributed by atoms with Crippen molar-refractivity contribution in [1.82, 2.24) is 9.78 Å². The first-order valence-corrected chi connectivity index (χ1v) is 4.96. The van der Waals surface area contributed by atoms with Gasteiger partial charge in [0, 0.05) is 12.7 Å².